The van der Waals surface area contributed by atoms with Crippen molar-refractivity contribution in [1.29, 1.82) is 0 Å². The van der Waals surface area contributed by atoms with E-state index >= 15 is 0 Å². The van der Waals surface area contributed by atoms with Crippen LogP contribution in [0, 0.1) is 0 Å². The molecule has 0 aromatic carbocycles. The molecule has 0 saturated heterocycles. The van der Waals surface area contributed by atoms with Crippen LogP contribution in [0.15, 0.2) is 11.8 Å². The molecule has 0 aliphatic carbocycles. The van der Waals surface area contributed by atoms with E-state index in [-0.39, 0.29) is 17.2 Å². The summed E-state index contributed by atoms with van der Waals surface area (Å²) < 4.78 is 0. The van der Waals surface area contributed by atoms with Crippen molar-refractivity contribution in [3.63, 3.8) is 0 Å². The summed E-state index contributed by atoms with van der Waals surface area (Å²) in [5.41, 5.74) is -0.0648. The van der Waals surface area contributed by atoms with Crippen molar-refractivity contribution >= 4 is 5.97 Å². The van der Waals surface area contributed by atoms with E-state index < -0.39 is 5.97 Å². The molecule has 0 spiro atoms. The maximum Gasteiger partial charge on any atom is 0.333 e. The number of carboxylic acids is 1. The Morgan fingerprint density at radius 3 is 2.20 bits per heavy atom. The highest BCUT2D eigenvalue weighted by Crippen LogP contribution is 1.99. The fourth-order valence-corrected chi connectivity index (χ4v) is 0.437. The van der Waals surface area contributed by atoms with E-state index in [1.54, 1.807) is 6.92 Å². The maximum absolute atomic E-state index is 10.1. The minimum absolute atomic E-state index is 0.0648. The lowest BCUT2D eigenvalue weighted by atomic mass is 10.2. The Balaban J connectivity index is 4.19. The SMILES string of the molecule is CCC(=CN(O)O)C(=O)O. The number of carbonyl (C=O) groups is 1. The number of hydroxylamine groups is 2. The summed E-state index contributed by atoms with van der Waals surface area (Å²) in [7, 11) is 0. The van der Waals surface area contributed by atoms with Gasteiger partial charge in [-0.2, -0.15) is 0 Å². The Hall–Kier alpha value is -1.07. The fourth-order valence-electron chi connectivity index (χ4n) is 0.437. The molecular weight excluding hydrogens is 138 g/mol. The van der Waals surface area contributed by atoms with Gasteiger partial charge in [-0.3, -0.25) is 10.4 Å². The third-order valence-electron chi connectivity index (χ3n) is 0.927. The molecule has 0 rings (SSSR count). The predicted molar refractivity (Wildman–Crippen MR) is 31.4 cm³/mol. The Bertz CT molecular complexity index is 152. The normalized spacial score (nSPS) is 11.3. The number of hydrogen-bond donors (Lipinski definition) is 3. The van der Waals surface area contributed by atoms with E-state index in [4.69, 9.17) is 15.5 Å². The third-order valence-corrected chi connectivity index (χ3v) is 0.927. The quantitative estimate of drug-likeness (QED) is 0.398. The van der Waals surface area contributed by atoms with Gasteiger partial charge in [-0.15, -0.1) is 5.23 Å². The molecule has 0 bridgehead atoms. The average Bonchev–Trinajstić information content (AvgIpc) is 1.81. The van der Waals surface area contributed by atoms with Crippen molar-refractivity contribution in [2.75, 3.05) is 0 Å². The molecule has 0 heterocycles. The molecule has 5 heteroatoms. The molecule has 58 valence electrons. The van der Waals surface area contributed by atoms with E-state index in [1.807, 2.05) is 0 Å². The summed E-state index contributed by atoms with van der Waals surface area (Å²) in [4.78, 5) is 10.1. The smallest absolute Gasteiger partial charge is 0.333 e. The Morgan fingerprint density at radius 2 is 2.10 bits per heavy atom. The van der Waals surface area contributed by atoms with Crippen LogP contribution in [0.4, 0.5) is 0 Å². The molecule has 0 atom stereocenters. The monoisotopic (exact) mass is 147 g/mol. The van der Waals surface area contributed by atoms with Crippen LogP contribution in [0.25, 0.3) is 0 Å². The molecule has 0 fully saturated rings. The number of carboxylic acid groups (broad SMARTS) is 1. The third kappa shape index (κ3) is 3.06. The highest BCUT2D eigenvalue weighted by Gasteiger charge is 2.04. The van der Waals surface area contributed by atoms with Gasteiger partial charge in [0.1, 0.15) is 0 Å². The van der Waals surface area contributed by atoms with Crippen molar-refractivity contribution in [3.05, 3.63) is 11.8 Å². The van der Waals surface area contributed by atoms with Gasteiger partial charge >= 0.3 is 5.97 Å². The van der Waals surface area contributed by atoms with Gasteiger partial charge in [0, 0.05) is 0 Å². The maximum atomic E-state index is 10.1. The van der Waals surface area contributed by atoms with Crippen LogP contribution in [0.2, 0.25) is 0 Å². The molecule has 5 nitrogen and oxygen atoms in total. The number of aliphatic carboxylic acids is 1. The van der Waals surface area contributed by atoms with Crippen molar-refractivity contribution < 1.29 is 20.3 Å². The highest BCUT2D eigenvalue weighted by atomic mass is 16.8. The Kier molecular flexibility index (Phi) is 3.45. The fraction of sp³-hybridized carbons (Fsp3) is 0.400. The first-order valence-electron chi connectivity index (χ1n) is 2.69. The summed E-state index contributed by atoms with van der Waals surface area (Å²) in [6.45, 7) is 1.60. The molecule has 0 aromatic rings. The van der Waals surface area contributed by atoms with Crippen LogP contribution in [0.1, 0.15) is 13.3 Å². The first-order valence-corrected chi connectivity index (χ1v) is 2.69. The van der Waals surface area contributed by atoms with Crippen molar-refractivity contribution in [1.82, 2.24) is 5.23 Å². The van der Waals surface area contributed by atoms with Gasteiger partial charge < -0.3 is 5.11 Å². The van der Waals surface area contributed by atoms with Gasteiger partial charge in [-0.05, 0) is 6.42 Å². The second-order valence-corrected chi connectivity index (χ2v) is 1.63. The molecular formula is C5H9NO4. The zero-order valence-corrected chi connectivity index (χ0v) is 5.48. The summed E-state index contributed by atoms with van der Waals surface area (Å²) in [6, 6.07) is 0. The molecule has 0 radical (unpaired) electrons. The van der Waals surface area contributed by atoms with E-state index in [0.717, 1.165) is 6.20 Å². The second kappa shape index (κ2) is 3.86. The summed E-state index contributed by atoms with van der Waals surface area (Å²) in [6.07, 6.45) is 0.968. The van der Waals surface area contributed by atoms with Crippen molar-refractivity contribution in [3.8, 4) is 0 Å². The van der Waals surface area contributed by atoms with Crippen molar-refractivity contribution in [2.45, 2.75) is 13.3 Å². The molecule has 0 amide bonds. The van der Waals surface area contributed by atoms with Gasteiger partial charge in [-0.25, -0.2) is 4.79 Å². The molecule has 0 saturated carbocycles. The van der Waals surface area contributed by atoms with E-state index in [1.165, 1.54) is 0 Å². The van der Waals surface area contributed by atoms with E-state index in [9.17, 15) is 4.79 Å². The zero-order valence-electron chi connectivity index (χ0n) is 5.48. The molecule has 10 heavy (non-hydrogen) atoms. The lowest BCUT2D eigenvalue weighted by Crippen LogP contribution is -2.09. The van der Waals surface area contributed by atoms with Gasteiger partial charge in [0.2, 0.25) is 0 Å². The van der Waals surface area contributed by atoms with Gasteiger partial charge in [-0.1, -0.05) is 6.92 Å². The van der Waals surface area contributed by atoms with E-state index in [2.05, 4.69) is 0 Å². The zero-order chi connectivity index (χ0) is 8.15. The second-order valence-electron chi connectivity index (χ2n) is 1.63. The van der Waals surface area contributed by atoms with Crippen LogP contribution < -0.4 is 0 Å². The predicted octanol–water partition coefficient (Wildman–Crippen LogP) is 0.445. The summed E-state index contributed by atoms with van der Waals surface area (Å²) >= 11 is 0. The number of rotatable bonds is 3. The first-order chi connectivity index (χ1) is 4.57. The number of hydrogen-bond acceptors (Lipinski definition) is 4. The Labute approximate surface area is 57.7 Å². The largest absolute Gasteiger partial charge is 0.478 e. The van der Waals surface area contributed by atoms with Gasteiger partial charge in [0.05, 0.1) is 11.8 Å². The van der Waals surface area contributed by atoms with Crippen LogP contribution in [-0.2, 0) is 4.79 Å². The lowest BCUT2D eigenvalue weighted by Gasteiger charge is -2.01. The van der Waals surface area contributed by atoms with E-state index in [0.29, 0.717) is 0 Å². The standard InChI is InChI=1S/C5H9NO4/c1-2-4(5(7)8)3-6(9)10/h3,9-10H,2H2,1H3,(H,7,8). The van der Waals surface area contributed by atoms with Crippen LogP contribution in [0.3, 0.4) is 0 Å². The molecule has 0 aliphatic heterocycles. The number of nitrogens with zero attached hydrogens (tertiary/aromatic N) is 1. The molecule has 0 unspecified atom stereocenters. The molecule has 3 N–H and O–H groups in total. The van der Waals surface area contributed by atoms with Gasteiger partial charge in [0.25, 0.3) is 0 Å². The molecule has 0 aromatic heterocycles. The minimum atomic E-state index is -1.16. The minimum Gasteiger partial charge on any atom is -0.478 e. The van der Waals surface area contributed by atoms with Crippen LogP contribution in [0.5, 0.6) is 0 Å². The Morgan fingerprint density at radius 1 is 1.60 bits per heavy atom. The highest BCUT2D eigenvalue weighted by molar-refractivity contribution is 5.86. The average molecular weight is 147 g/mol. The summed E-state index contributed by atoms with van der Waals surface area (Å²) in [5.74, 6) is -1.16. The van der Waals surface area contributed by atoms with Crippen LogP contribution in [-0.4, -0.2) is 26.7 Å². The van der Waals surface area contributed by atoms with Crippen molar-refractivity contribution in [2.24, 2.45) is 0 Å². The van der Waals surface area contributed by atoms with Gasteiger partial charge in [0.15, 0.2) is 0 Å². The summed E-state index contributed by atoms with van der Waals surface area (Å²) in [5, 5.41) is 24.3. The topological polar surface area (TPSA) is 81.0 Å². The molecule has 0 aliphatic rings. The lowest BCUT2D eigenvalue weighted by molar-refractivity contribution is -0.268. The van der Waals surface area contributed by atoms with Crippen LogP contribution >= 0.6 is 0 Å². The first kappa shape index (κ1) is 8.93.